The Morgan fingerprint density at radius 1 is 1.04 bits per heavy atom. The van der Waals surface area contributed by atoms with Crippen LogP contribution in [0.25, 0.3) is 6.08 Å². The highest BCUT2D eigenvalue weighted by atomic mass is 35.5. The van der Waals surface area contributed by atoms with E-state index in [4.69, 9.17) is 16.7 Å². The molecular formula is C19H17ClN2O4. The van der Waals surface area contributed by atoms with Crippen molar-refractivity contribution in [3.05, 3.63) is 75.9 Å². The molecule has 0 bridgehead atoms. The molecule has 26 heavy (non-hydrogen) atoms. The quantitative estimate of drug-likeness (QED) is 0.679. The average molecular weight is 373 g/mol. The lowest BCUT2D eigenvalue weighted by Crippen LogP contribution is -2.37. The van der Waals surface area contributed by atoms with Gasteiger partial charge in [-0.05, 0) is 42.8 Å². The topological polar surface area (TPSA) is 95.5 Å². The molecular weight excluding hydrogens is 356 g/mol. The zero-order valence-electron chi connectivity index (χ0n) is 14.0. The smallest absolute Gasteiger partial charge is 0.322 e. The Balaban J connectivity index is 2.25. The van der Waals surface area contributed by atoms with E-state index in [2.05, 4.69) is 10.6 Å². The van der Waals surface area contributed by atoms with E-state index in [9.17, 15) is 14.4 Å². The molecule has 0 atom stereocenters. The second-order valence-electron chi connectivity index (χ2n) is 5.51. The molecule has 0 aromatic heterocycles. The molecule has 0 fully saturated rings. The number of aliphatic carboxylic acids is 1. The SMILES string of the molecule is Cc1ccc(C(=O)N/C(=C/c2ccc(Cl)cc2)C(=O)NCC(=O)O)cc1. The third-order valence-electron chi connectivity index (χ3n) is 3.39. The first-order valence-electron chi connectivity index (χ1n) is 7.70. The van der Waals surface area contributed by atoms with Gasteiger partial charge < -0.3 is 15.7 Å². The van der Waals surface area contributed by atoms with Crippen molar-refractivity contribution in [1.82, 2.24) is 10.6 Å². The number of nitrogens with one attached hydrogen (secondary N) is 2. The molecule has 2 rings (SSSR count). The van der Waals surface area contributed by atoms with Gasteiger partial charge in [0.25, 0.3) is 11.8 Å². The fourth-order valence-corrected chi connectivity index (χ4v) is 2.16. The summed E-state index contributed by atoms with van der Waals surface area (Å²) in [5.41, 5.74) is 1.93. The number of amides is 2. The molecule has 0 saturated carbocycles. The molecule has 134 valence electrons. The third kappa shape index (κ3) is 5.75. The molecule has 0 aliphatic carbocycles. The number of benzene rings is 2. The number of carboxylic acid groups (broad SMARTS) is 1. The first-order chi connectivity index (χ1) is 12.3. The van der Waals surface area contributed by atoms with Gasteiger partial charge in [-0.15, -0.1) is 0 Å². The monoisotopic (exact) mass is 372 g/mol. The minimum absolute atomic E-state index is 0.0702. The second-order valence-corrected chi connectivity index (χ2v) is 5.94. The number of hydrogen-bond acceptors (Lipinski definition) is 3. The standard InChI is InChI=1S/C19H17ClN2O4/c1-12-2-6-14(7-3-12)18(25)22-16(19(26)21-11-17(23)24)10-13-4-8-15(20)9-5-13/h2-10H,11H2,1H3,(H,21,26)(H,22,25)(H,23,24)/b16-10+. The highest BCUT2D eigenvalue weighted by molar-refractivity contribution is 6.30. The van der Waals surface area contributed by atoms with E-state index in [1.165, 1.54) is 6.08 Å². The third-order valence-corrected chi connectivity index (χ3v) is 3.64. The maximum Gasteiger partial charge on any atom is 0.322 e. The van der Waals surface area contributed by atoms with Crippen molar-refractivity contribution in [2.75, 3.05) is 6.54 Å². The van der Waals surface area contributed by atoms with Crippen LogP contribution in [0.4, 0.5) is 0 Å². The molecule has 0 aliphatic rings. The zero-order valence-corrected chi connectivity index (χ0v) is 14.7. The lowest BCUT2D eigenvalue weighted by molar-refractivity contribution is -0.137. The van der Waals surface area contributed by atoms with Gasteiger partial charge in [0.1, 0.15) is 12.2 Å². The van der Waals surface area contributed by atoms with Gasteiger partial charge in [0, 0.05) is 10.6 Å². The Labute approximate surface area is 155 Å². The highest BCUT2D eigenvalue weighted by Crippen LogP contribution is 2.12. The largest absolute Gasteiger partial charge is 0.480 e. The van der Waals surface area contributed by atoms with E-state index < -0.39 is 24.3 Å². The van der Waals surface area contributed by atoms with E-state index in [1.807, 2.05) is 6.92 Å². The Bertz CT molecular complexity index is 843. The van der Waals surface area contributed by atoms with E-state index >= 15 is 0 Å². The summed E-state index contributed by atoms with van der Waals surface area (Å²) in [7, 11) is 0. The first-order valence-corrected chi connectivity index (χ1v) is 8.08. The van der Waals surface area contributed by atoms with E-state index in [-0.39, 0.29) is 5.70 Å². The summed E-state index contributed by atoms with van der Waals surface area (Å²) in [4.78, 5) is 35.3. The first kappa shape index (κ1) is 19.2. The van der Waals surface area contributed by atoms with Crippen molar-refractivity contribution in [2.24, 2.45) is 0 Å². The van der Waals surface area contributed by atoms with Gasteiger partial charge in [0.15, 0.2) is 0 Å². The van der Waals surface area contributed by atoms with E-state index in [0.29, 0.717) is 16.1 Å². The van der Waals surface area contributed by atoms with Crippen molar-refractivity contribution < 1.29 is 19.5 Å². The van der Waals surface area contributed by atoms with E-state index in [0.717, 1.165) is 5.56 Å². The maximum atomic E-state index is 12.4. The van der Waals surface area contributed by atoms with Crippen LogP contribution in [0.2, 0.25) is 5.02 Å². The van der Waals surface area contributed by atoms with Gasteiger partial charge >= 0.3 is 5.97 Å². The summed E-state index contributed by atoms with van der Waals surface area (Å²) >= 11 is 5.84. The van der Waals surface area contributed by atoms with Crippen molar-refractivity contribution in [3.8, 4) is 0 Å². The molecule has 0 saturated heterocycles. The van der Waals surface area contributed by atoms with Crippen LogP contribution in [0, 0.1) is 6.92 Å². The molecule has 2 aromatic carbocycles. The number of carboxylic acids is 1. The number of hydrogen-bond donors (Lipinski definition) is 3. The van der Waals surface area contributed by atoms with Crippen LogP contribution in [0.1, 0.15) is 21.5 Å². The number of carbonyl (C=O) groups excluding carboxylic acids is 2. The Hall–Kier alpha value is -3.12. The lowest BCUT2D eigenvalue weighted by Gasteiger charge is -2.10. The maximum absolute atomic E-state index is 12.4. The molecule has 0 radical (unpaired) electrons. The number of carbonyl (C=O) groups is 3. The summed E-state index contributed by atoms with van der Waals surface area (Å²) in [6.07, 6.45) is 1.44. The normalized spacial score (nSPS) is 10.9. The van der Waals surface area contributed by atoms with Gasteiger partial charge in [0.05, 0.1) is 0 Å². The molecule has 0 aliphatic heterocycles. The summed E-state index contributed by atoms with van der Waals surface area (Å²) < 4.78 is 0. The average Bonchev–Trinajstić information content (AvgIpc) is 2.61. The van der Waals surface area contributed by atoms with Gasteiger partial charge in [-0.25, -0.2) is 0 Å². The van der Waals surface area contributed by atoms with Gasteiger partial charge in [-0.3, -0.25) is 14.4 Å². The fourth-order valence-electron chi connectivity index (χ4n) is 2.03. The molecule has 2 aromatic rings. The molecule has 3 N–H and O–H groups in total. The highest BCUT2D eigenvalue weighted by Gasteiger charge is 2.15. The van der Waals surface area contributed by atoms with Crippen LogP contribution in [0.3, 0.4) is 0 Å². The summed E-state index contributed by atoms with van der Waals surface area (Å²) in [5.74, 6) is -2.37. The van der Waals surface area contributed by atoms with Gasteiger partial charge in [-0.1, -0.05) is 41.4 Å². The van der Waals surface area contributed by atoms with Crippen LogP contribution in [0.5, 0.6) is 0 Å². The van der Waals surface area contributed by atoms with Crippen molar-refractivity contribution >= 4 is 35.5 Å². The molecule has 0 spiro atoms. The molecule has 0 heterocycles. The van der Waals surface area contributed by atoms with Crippen LogP contribution >= 0.6 is 11.6 Å². The minimum atomic E-state index is -1.19. The van der Waals surface area contributed by atoms with Crippen molar-refractivity contribution in [2.45, 2.75) is 6.92 Å². The van der Waals surface area contributed by atoms with Crippen molar-refractivity contribution in [1.29, 1.82) is 0 Å². The zero-order chi connectivity index (χ0) is 19.1. The van der Waals surface area contributed by atoms with Crippen LogP contribution in [-0.2, 0) is 9.59 Å². The molecule has 6 nitrogen and oxygen atoms in total. The summed E-state index contributed by atoms with van der Waals surface area (Å²) in [6.45, 7) is 1.34. The predicted octanol–water partition coefficient (Wildman–Crippen LogP) is 2.62. The summed E-state index contributed by atoms with van der Waals surface area (Å²) in [6, 6.07) is 13.5. The van der Waals surface area contributed by atoms with Crippen LogP contribution in [0.15, 0.2) is 54.2 Å². The molecule has 2 amide bonds. The predicted molar refractivity (Wildman–Crippen MR) is 98.7 cm³/mol. The Kier molecular flexibility index (Phi) is 6.52. The van der Waals surface area contributed by atoms with Crippen molar-refractivity contribution in [3.63, 3.8) is 0 Å². The summed E-state index contributed by atoms with van der Waals surface area (Å²) in [5, 5.41) is 14.0. The number of halogens is 1. The second kappa shape index (κ2) is 8.82. The molecule has 7 heteroatoms. The minimum Gasteiger partial charge on any atom is -0.480 e. The lowest BCUT2D eigenvalue weighted by atomic mass is 10.1. The number of rotatable bonds is 6. The van der Waals surface area contributed by atoms with Gasteiger partial charge in [-0.2, -0.15) is 0 Å². The Morgan fingerprint density at radius 2 is 1.65 bits per heavy atom. The Morgan fingerprint density at radius 3 is 2.23 bits per heavy atom. The number of aryl methyl sites for hydroxylation is 1. The fraction of sp³-hybridized carbons (Fsp3) is 0.105. The van der Waals surface area contributed by atoms with Crippen LogP contribution < -0.4 is 10.6 Å². The van der Waals surface area contributed by atoms with Crippen LogP contribution in [-0.4, -0.2) is 29.4 Å². The molecule has 0 unspecified atom stereocenters. The van der Waals surface area contributed by atoms with Gasteiger partial charge in [0.2, 0.25) is 0 Å². The van der Waals surface area contributed by atoms with E-state index in [1.54, 1.807) is 48.5 Å².